The van der Waals surface area contributed by atoms with E-state index in [1.165, 1.54) is 0 Å². The average Bonchev–Trinajstić information content (AvgIpc) is 2.90. The number of benzene rings is 1. The summed E-state index contributed by atoms with van der Waals surface area (Å²) in [5, 5.41) is 2.68. The summed E-state index contributed by atoms with van der Waals surface area (Å²) in [7, 11) is 1.63. The third-order valence-corrected chi connectivity index (χ3v) is 4.14. The predicted octanol–water partition coefficient (Wildman–Crippen LogP) is 0.786. The van der Waals surface area contributed by atoms with Crippen molar-refractivity contribution < 1.29 is 9.59 Å². The predicted molar refractivity (Wildman–Crippen MR) is 81.9 cm³/mol. The van der Waals surface area contributed by atoms with E-state index in [0.717, 1.165) is 12.0 Å². The molecule has 21 heavy (non-hydrogen) atoms. The van der Waals surface area contributed by atoms with E-state index in [1.807, 2.05) is 31.2 Å². The lowest BCUT2D eigenvalue weighted by molar-refractivity contribution is -0.128. The van der Waals surface area contributed by atoms with Gasteiger partial charge >= 0.3 is 0 Å². The van der Waals surface area contributed by atoms with E-state index in [2.05, 4.69) is 5.32 Å². The summed E-state index contributed by atoms with van der Waals surface area (Å²) in [5.74, 6) is -0.0174. The number of hydrogen-bond donors (Lipinski definition) is 2. The fraction of sp³-hybridized carbons (Fsp3) is 0.500. The van der Waals surface area contributed by atoms with E-state index in [4.69, 9.17) is 5.73 Å². The summed E-state index contributed by atoms with van der Waals surface area (Å²) in [5.41, 5.74) is 6.80. The summed E-state index contributed by atoms with van der Waals surface area (Å²) in [6.45, 7) is 3.55. The molecule has 0 radical (unpaired) electrons. The third kappa shape index (κ3) is 3.24. The zero-order valence-electron chi connectivity index (χ0n) is 12.7. The van der Waals surface area contributed by atoms with Crippen molar-refractivity contribution >= 4 is 11.8 Å². The molecule has 0 aliphatic carbocycles. The van der Waals surface area contributed by atoms with Crippen LogP contribution in [0.1, 0.15) is 29.3 Å². The van der Waals surface area contributed by atoms with Gasteiger partial charge < -0.3 is 16.0 Å². The molecule has 1 aromatic carbocycles. The quantitative estimate of drug-likeness (QED) is 0.860. The zero-order valence-corrected chi connectivity index (χ0v) is 12.7. The molecule has 0 bridgehead atoms. The Morgan fingerprint density at radius 2 is 2.19 bits per heavy atom. The lowest BCUT2D eigenvalue weighted by Gasteiger charge is -2.22. The molecular formula is C16H23N3O2. The third-order valence-electron chi connectivity index (χ3n) is 4.14. The van der Waals surface area contributed by atoms with Crippen molar-refractivity contribution in [3.8, 4) is 0 Å². The van der Waals surface area contributed by atoms with Gasteiger partial charge in [0.15, 0.2) is 0 Å². The molecule has 2 amide bonds. The first kappa shape index (κ1) is 15.5. The second-order valence-electron chi connectivity index (χ2n) is 5.86. The van der Waals surface area contributed by atoms with Gasteiger partial charge in [-0.25, -0.2) is 0 Å². The van der Waals surface area contributed by atoms with Gasteiger partial charge in [-0.15, -0.1) is 0 Å². The average molecular weight is 289 g/mol. The van der Waals surface area contributed by atoms with Crippen LogP contribution in [0, 0.1) is 5.41 Å². The molecular weight excluding hydrogens is 266 g/mol. The van der Waals surface area contributed by atoms with Gasteiger partial charge in [0.05, 0.1) is 5.41 Å². The highest BCUT2D eigenvalue weighted by Gasteiger charge is 2.41. The monoisotopic (exact) mass is 289 g/mol. The van der Waals surface area contributed by atoms with Gasteiger partial charge in [0.2, 0.25) is 5.91 Å². The van der Waals surface area contributed by atoms with Gasteiger partial charge in [-0.05, 0) is 44.0 Å². The van der Waals surface area contributed by atoms with Crippen LogP contribution in [-0.4, -0.2) is 43.4 Å². The highest BCUT2D eigenvalue weighted by atomic mass is 16.2. The Kier molecular flexibility index (Phi) is 4.63. The Morgan fingerprint density at radius 3 is 2.86 bits per heavy atom. The van der Waals surface area contributed by atoms with Crippen LogP contribution in [0.4, 0.5) is 0 Å². The molecule has 1 unspecified atom stereocenters. The number of carbonyl (C=O) groups is 2. The SMILES string of the molecule is CNC(=O)C1(C)CCN(C(=O)c2cccc(CCN)c2)C1. The smallest absolute Gasteiger partial charge is 0.253 e. The van der Waals surface area contributed by atoms with Crippen LogP contribution in [-0.2, 0) is 11.2 Å². The second kappa shape index (κ2) is 6.26. The first-order valence-corrected chi connectivity index (χ1v) is 7.30. The Morgan fingerprint density at radius 1 is 1.43 bits per heavy atom. The summed E-state index contributed by atoms with van der Waals surface area (Å²) >= 11 is 0. The number of nitrogens with one attached hydrogen (secondary N) is 1. The highest BCUT2D eigenvalue weighted by molar-refractivity contribution is 5.95. The lowest BCUT2D eigenvalue weighted by Crippen LogP contribution is -2.40. The van der Waals surface area contributed by atoms with Crippen LogP contribution in [0.15, 0.2) is 24.3 Å². The molecule has 1 aliphatic heterocycles. The zero-order chi connectivity index (χ0) is 15.5. The molecule has 0 aromatic heterocycles. The molecule has 3 N–H and O–H groups in total. The molecule has 2 rings (SSSR count). The fourth-order valence-electron chi connectivity index (χ4n) is 2.83. The Balaban J connectivity index is 2.11. The molecule has 1 aliphatic rings. The molecule has 5 nitrogen and oxygen atoms in total. The van der Waals surface area contributed by atoms with E-state index in [0.29, 0.717) is 31.6 Å². The van der Waals surface area contributed by atoms with E-state index in [9.17, 15) is 9.59 Å². The summed E-state index contributed by atoms with van der Waals surface area (Å²) < 4.78 is 0. The molecule has 1 atom stereocenters. The number of amides is 2. The van der Waals surface area contributed by atoms with E-state index >= 15 is 0 Å². The largest absolute Gasteiger partial charge is 0.359 e. The minimum Gasteiger partial charge on any atom is -0.359 e. The van der Waals surface area contributed by atoms with E-state index in [1.54, 1.807) is 11.9 Å². The Hall–Kier alpha value is -1.88. The van der Waals surface area contributed by atoms with Crippen LogP contribution in [0.5, 0.6) is 0 Å². The number of nitrogens with two attached hydrogens (primary N) is 1. The number of hydrogen-bond acceptors (Lipinski definition) is 3. The summed E-state index contributed by atoms with van der Waals surface area (Å²) in [6, 6.07) is 7.57. The maximum absolute atomic E-state index is 12.6. The normalized spacial score (nSPS) is 21.4. The summed E-state index contributed by atoms with van der Waals surface area (Å²) in [6.07, 6.45) is 1.46. The van der Waals surface area contributed by atoms with Gasteiger partial charge in [-0.3, -0.25) is 9.59 Å². The highest BCUT2D eigenvalue weighted by Crippen LogP contribution is 2.31. The minimum atomic E-state index is -0.487. The minimum absolute atomic E-state index is 0.00492. The van der Waals surface area contributed by atoms with Crippen LogP contribution in [0.25, 0.3) is 0 Å². The lowest BCUT2D eigenvalue weighted by atomic mass is 9.89. The maximum Gasteiger partial charge on any atom is 0.253 e. The van der Waals surface area contributed by atoms with Gasteiger partial charge in [0.25, 0.3) is 5.91 Å². The Labute approximate surface area is 125 Å². The van der Waals surface area contributed by atoms with Gasteiger partial charge in [0.1, 0.15) is 0 Å². The first-order valence-electron chi connectivity index (χ1n) is 7.30. The molecule has 1 heterocycles. The van der Waals surface area contributed by atoms with Crippen molar-refractivity contribution in [2.24, 2.45) is 11.1 Å². The van der Waals surface area contributed by atoms with Crippen molar-refractivity contribution in [2.45, 2.75) is 19.8 Å². The topological polar surface area (TPSA) is 75.4 Å². The van der Waals surface area contributed by atoms with E-state index < -0.39 is 5.41 Å². The van der Waals surface area contributed by atoms with Crippen LogP contribution >= 0.6 is 0 Å². The second-order valence-corrected chi connectivity index (χ2v) is 5.86. The van der Waals surface area contributed by atoms with Gasteiger partial charge in [0, 0.05) is 25.7 Å². The maximum atomic E-state index is 12.6. The summed E-state index contributed by atoms with van der Waals surface area (Å²) in [4.78, 5) is 26.2. The van der Waals surface area contributed by atoms with Gasteiger partial charge in [-0.1, -0.05) is 12.1 Å². The molecule has 5 heteroatoms. The number of likely N-dealkylation sites (tertiary alicyclic amines) is 1. The van der Waals surface area contributed by atoms with Crippen molar-refractivity contribution in [3.63, 3.8) is 0 Å². The van der Waals surface area contributed by atoms with Crippen molar-refractivity contribution in [2.75, 3.05) is 26.7 Å². The van der Waals surface area contributed by atoms with Crippen LogP contribution < -0.4 is 11.1 Å². The van der Waals surface area contributed by atoms with Gasteiger partial charge in [-0.2, -0.15) is 0 Å². The number of rotatable bonds is 4. The fourth-order valence-corrected chi connectivity index (χ4v) is 2.83. The molecule has 0 saturated carbocycles. The van der Waals surface area contributed by atoms with Crippen molar-refractivity contribution in [1.82, 2.24) is 10.2 Å². The molecule has 1 saturated heterocycles. The van der Waals surface area contributed by atoms with E-state index in [-0.39, 0.29) is 11.8 Å². The van der Waals surface area contributed by atoms with Crippen LogP contribution in [0.2, 0.25) is 0 Å². The number of carbonyl (C=O) groups excluding carboxylic acids is 2. The molecule has 114 valence electrons. The molecule has 1 aromatic rings. The molecule has 0 spiro atoms. The molecule has 1 fully saturated rings. The Bertz CT molecular complexity index is 544. The van der Waals surface area contributed by atoms with Crippen LogP contribution in [0.3, 0.4) is 0 Å². The first-order chi connectivity index (χ1) is 10.00. The number of nitrogens with zero attached hydrogens (tertiary/aromatic N) is 1. The van der Waals surface area contributed by atoms with Crippen molar-refractivity contribution in [3.05, 3.63) is 35.4 Å². The standard InChI is InChI=1S/C16H23N3O2/c1-16(15(21)18-2)7-9-19(11-16)14(20)13-5-3-4-12(10-13)6-8-17/h3-5,10H,6-9,11,17H2,1-2H3,(H,18,21). The van der Waals surface area contributed by atoms with Crippen molar-refractivity contribution in [1.29, 1.82) is 0 Å².